The molecule has 2 N–H and O–H groups in total. The van der Waals surface area contributed by atoms with Crippen molar-refractivity contribution in [2.24, 2.45) is 28.6 Å². The zero-order valence-electron chi connectivity index (χ0n) is 21.0. The van der Waals surface area contributed by atoms with Crippen molar-refractivity contribution in [3.05, 3.63) is 11.6 Å². The van der Waals surface area contributed by atoms with Gasteiger partial charge < -0.3 is 24.4 Å². The fourth-order valence-corrected chi connectivity index (χ4v) is 9.03. The van der Waals surface area contributed by atoms with E-state index in [1.807, 2.05) is 0 Å². The van der Waals surface area contributed by atoms with Gasteiger partial charge in [0, 0.05) is 37.2 Å². The summed E-state index contributed by atoms with van der Waals surface area (Å²) in [5.41, 5.74) is -2.18. The first kappa shape index (κ1) is 24.8. The van der Waals surface area contributed by atoms with Gasteiger partial charge in [-0.25, -0.2) is 4.79 Å². The lowest BCUT2D eigenvalue weighted by Gasteiger charge is -2.66. The summed E-state index contributed by atoms with van der Waals surface area (Å²) in [4.78, 5) is 35.3. The average Bonchev–Trinajstić information content (AvgIpc) is 3.31. The van der Waals surface area contributed by atoms with E-state index in [9.17, 15) is 24.6 Å². The highest BCUT2D eigenvalue weighted by Gasteiger charge is 2.71. The number of hydrogen-bond donors (Lipinski definition) is 2. The van der Waals surface area contributed by atoms with Crippen LogP contribution in [-0.4, -0.2) is 58.6 Å². The number of aliphatic hydroxyl groups is 2. The molecule has 0 spiro atoms. The van der Waals surface area contributed by atoms with Crippen LogP contribution in [0.15, 0.2) is 11.6 Å². The summed E-state index contributed by atoms with van der Waals surface area (Å²) in [6, 6.07) is 0. The molecule has 0 unspecified atom stereocenters. The van der Waals surface area contributed by atoms with Crippen LogP contribution >= 0.6 is 0 Å². The van der Waals surface area contributed by atoms with Gasteiger partial charge in [0.2, 0.25) is 0 Å². The van der Waals surface area contributed by atoms with Crippen molar-refractivity contribution in [2.75, 3.05) is 13.2 Å². The molecular formula is C27H38O8. The van der Waals surface area contributed by atoms with E-state index >= 15 is 0 Å². The standard InChI is InChI=1S/C27H38O8/c1-16(28)34-15-25-9-4-19(35-17(2)29)13-26(25,31)10-6-22-21(25)5-8-24(3)20(7-11-27(22,24)32)18-12-23(30)33-14-18/h12,19-22,31-32H,4-11,13-15H2,1-3H3/t19-,20-,21+,22-,24-,25+,26-,27-/m1/s1. The number of fused-ring (bicyclic) bond motifs is 5. The van der Waals surface area contributed by atoms with Gasteiger partial charge in [-0.3, -0.25) is 9.59 Å². The number of esters is 3. The zero-order chi connectivity index (χ0) is 25.2. The van der Waals surface area contributed by atoms with E-state index in [2.05, 4.69) is 6.92 Å². The van der Waals surface area contributed by atoms with E-state index in [4.69, 9.17) is 14.2 Å². The van der Waals surface area contributed by atoms with Crippen molar-refractivity contribution in [2.45, 2.75) is 95.9 Å². The van der Waals surface area contributed by atoms with Gasteiger partial charge in [0.1, 0.15) is 12.7 Å². The Kier molecular flexibility index (Phi) is 5.87. The van der Waals surface area contributed by atoms with Crippen molar-refractivity contribution >= 4 is 17.9 Å². The van der Waals surface area contributed by atoms with Crippen LogP contribution in [0.5, 0.6) is 0 Å². The predicted octanol–water partition coefficient (Wildman–Crippen LogP) is 2.83. The molecule has 0 bridgehead atoms. The Balaban J connectivity index is 1.48. The van der Waals surface area contributed by atoms with E-state index in [0.29, 0.717) is 45.1 Å². The van der Waals surface area contributed by atoms with E-state index in [-0.39, 0.29) is 53.8 Å². The molecule has 194 valence electrons. The van der Waals surface area contributed by atoms with Gasteiger partial charge in [-0.2, -0.15) is 0 Å². The highest BCUT2D eigenvalue weighted by atomic mass is 16.5. The Labute approximate surface area is 206 Å². The lowest BCUT2D eigenvalue weighted by Crippen LogP contribution is -2.69. The van der Waals surface area contributed by atoms with Gasteiger partial charge >= 0.3 is 17.9 Å². The molecule has 35 heavy (non-hydrogen) atoms. The third-order valence-electron chi connectivity index (χ3n) is 10.6. The maximum Gasteiger partial charge on any atom is 0.331 e. The molecule has 0 aromatic carbocycles. The van der Waals surface area contributed by atoms with E-state index in [1.165, 1.54) is 13.8 Å². The topological polar surface area (TPSA) is 119 Å². The van der Waals surface area contributed by atoms with Crippen LogP contribution in [0.1, 0.15) is 78.6 Å². The molecule has 4 saturated carbocycles. The second kappa shape index (κ2) is 8.30. The van der Waals surface area contributed by atoms with Gasteiger partial charge in [-0.15, -0.1) is 0 Å². The van der Waals surface area contributed by atoms with Crippen molar-refractivity contribution in [3.8, 4) is 0 Å². The molecule has 0 aromatic rings. The van der Waals surface area contributed by atoms with Gasteiger partial charge in [0.25, 0.3) is 0 Å². The summed E-state index contributed by atoms with van der Waals surface area (Å²) >= 11 is 0. The number of ether oxygens (including phenoxy) is 3. The molecule has 8 atom stereocenters. The molecular weight excluding hydrogens is 452 g/mol. The second-order valence-corrected chi connectivity index (χ2v) is 12.0. The number of carbonyl (C=O) groups excluding carboxylic acids is 3. The van der Waals surface area contributed by atoms with Crippen molar-refractivity contribution < 1.29 is 38.8 Å². The molecule has 8 nitrogen and oxygen atoms in total. The smallest absolute Gasteiger partial charge is 0.331 e. The van der Waals surface area contributed by atoms with Crippen LogP contribution in [0.25, 0.3) is 0 Å². The fourth-order valence-electron chi connectivity index (χ4n) is 9.03. The fraction of sp³-hybridized carbons (Fsp3) is 0.815. The summed E-state index contributed by atoms with van der Waals surface area (Å²) in [7, 11) is 0. The quantitative estimate of drug-likeness (QED) is 0.456. The highest BCUT2D eigenvalue weighted by Crippen LogP contribution is 2.70. The summed E-state index contributed by atoms with van der Waals surface area (Å²) < 4.78 is 16.3. The summed E-state index contributed by atoms with van der Waals surface area (Å²) in [5.74, 6) is -1.03. The first-order chi connectivity index (χ1) is 16.4. The van der Waals surface area contributed by atoms with Gasteiger partial charge in [-0.1, -0.05) is 6.92 Å². The van der Waals surface area contributed by atoms with E-state index < -0.39 is 16.6 Å². The van der Waals surface area contributed by atoms with Crippen LogP contribution < -0.4 is 0 Å². The van der Waals surface area contributed by atoms with E-state index in [0.717, 1.165) is 24.8 Å². The van der Waals surface area contributed by atoms with Crippen LogP contribution in [0, 0.1) is 28.6 Å². The van der Waals surface area contributed by atoms with Crippen LogP contribution in [0.2, 0.25) is 0 Å². The molecule has 0 aromatic heterocycles. The molecule has 8 heteroatoms. The first-order valence-electron chi connectivity index (χ1n) is 13.1. The lowest BCUT2D eigenvalue weighted by atomic mass is 9.41. The van der Waals surface area contributed by atoms with Gasteiger partial charge in [0.15, 0.2) is 0 Å². The van der Waals surface area contributed by atoms with Crippen molar-refractivity contribution in [3.63, 3.8) is 0 Å². The number of carbonyl (C=O) groups is 3. The normalized spacial score (nSPS) is 46.5. The maximum absolute atomic E-state index is 12.4. The Bertz CT molecular complexity index is 959. The van der Waals surface area contributed by atoms with Gasteiger partial charge in [0.05, 0.1) is 17.8 Å². The zero-order valence-corrected chi connectivity index (χ0v) is 21.0. The molecule has 1 heterocycles. The van der Waals surface area contributed by atoms with E-state index in [1.54, 1.807) is 6.08 Å². The van der Waals surface area contributed by atoms with Crippen LogP contribution in [-0.2, 0) is 28.6 Å². The molecule has 0 amide bonds. The predicted molar refractivity (Wildman–Crippen MR) is 124 cm³/mol. The Morgan fingerprint density at radius 1 is 1.03 bits per heavy atom. The summed E-state index contributed by atoms with van der Waals surface area (Å²) in [6.07, 6.45) is 6.83. The third kappa shape index (κ3) is 3.57. The van der Waals surface area contributed by atoms with Gasteiger partial charge in [-0.05, 0) is 74.7 Å². The minimum atomic E-state index is -1.14. The third-order valence-corrected chi connectivity index (χ3v) is 10.6. The molecule has 1 aliphatic heterocycles. The molecule has 5 aliphatic rings. The minimum Gasteiger partial charge on any atom is -0.465 e. The number of hydrogen-bond acceptors (Lipinski definition) is 8. The Morgan fingerprint density at radius 3 is 2.43 bits per heavy atom. The summed E-state index contributed by atoms with van der Waals surface area (Å²) in [6.45, 7) is 5.33. The van der Waals surface area contributed by atoms with Crippen LogP contribution in [0.4, 0.5) is 0 Å². The first-order valence-corrected chi connectivity index (χ1v) is 13.1. The molecule has 0 saturated heterocycles. The highest BCUT2D eigenvalue weighted by molar-refractivity contribution is 5.85. The minimum absolute atomic E-state index is 0.0221. The number of cyclic esters (lactones) is 1. The molecule has 4 fully saturated rings. The average molecular weight is 491 g/mol. The SMILES string of the molecule is CC(=O)OC[C@]12CC[C@@H](OC(C)=O)C[C@]1(O)CC[C@@H]1[C@@H]2CC[C@]2(C)[C@@H](C3=CC(=O)OC3)CC[C@@]12O. The van der Waals surface area contributed by atoms with Crippen LogP contribution in [0.3, 0.4) is 0 Å². The second-order valence-electron chi connectivity index (χ2n) is 12.0. The molecule has 0 radical (unpaired) electrons. The molecule has 5 rings (SSSR count). The lowest BCUT2D eigenvalue weighted by molar-refractivity contribution is -0.271. The summed E-state index contributed by atoms with van der Waals surface area (Å²) in [5, 5.41) is 24.5. The largest absolute Gasteiger partial charge is 0.465 e. The van der Waals surface area contributed by atoms with Crippen molar-refractivity contribution in [1.82, 2.24) is 0 Å². The maximum atomic E-state index is 12.4. The Hall–Kier alpha value is -1.93. The monoisotopic (exact) mass is 490 g/mol. The molecule has 4 aliphatic carbocycles. The Morgan fingerprint density at radius 2 is 1.77 bits per heavy atom. The number of rotatable bonds is 4. The van der Waals surface area contributed by atoms with Crippen molar-refractivity contribution in [1.29, 1.82) is 0 Å².